The molecule has 4 atom stereocenters. The zero-order valence-electron chi connectivity index (χ0n) is 20.4. The van der Waals surface area contributed by atoms with Crippen LogP contribution in [0.4, 0.5) is 0 Å². The fourth-order valence-electron chi connectivity index (χ4n) is 7.28. The Kier molecular flexibility index (Phi) is 5.82. The first-order valence-electron chi connectivity index (χ1n) is 13.0. The summed E-state index contributed by atoms with van der Waals surface area (Å²) in [5, 5.41) is 0. The van der Waals surface area contributed by atoms with Crippen LogP contribution in [0.2, 0.25) is 0 Å². The summed E-state index contributed by atoms with van der Waals surface area (Å²) in [5.41, 5.74) is 4.32. The monoisotopic (exact) mass is 463 g/mol. The number of hydrogen-bond donors (Lipinski definition) is 0. The predicted octanol–water partition coefficient (Wildman–Crippen LogP) is 6.82. The third-order valence-corrected chi connectivity index (χ3v) is 8.62. The van der Waals surface area contributed by atoms with Gasteiger partial charge in [-0.1, -0.05) is 72.8 Å². The highest BCUT2D eigenvalue weighted by atomic mass is 16.5. The maximum absolute atomic E-state index is 14.6. The van der Waals surface area contributed by atoms with Crippen molar-refractivity contribution >= 4 is 11.9 Å². The molecule has 2 heterocycles. The summed E-state index contributed by atoms with van der Waals surface area (Å²) < 4.78 is 5.45. The van der Waals surface area contributed by atoms with Gasteiger partial charge in [-0.3, -0.25) is 9.69 Å². The number of hydrogen-bond acceptors (Lipinski definition) is 3. The first-order valence-corrected chi connectivity index (χ1v) is 13.0. The van der Waals surface area contributed by atoms with E-state index in [1.165, 1.54) is 11.1 Å². The topological polar surface area (TPSA) is 29.5 Å². The van der Waals surface area contributed by atoms with Crippen LogP contribution in [0.5, 0.6) is 5.75 Å². The quantitative estimate of drug-likeness (QED) is 0.398. The number of methoxy groups -OCH3 is 1. The lowest BCUT2D eigenvalue weighted by atomic mass is 9.58. The van der Waals surface area contributed by atoms with Crippen LogP contribution >= 0.6 is 0 Å². The van der Waals surface area contributed by atoms with Gasteiger partial charge in [-0.2, -0.15) is 0 Å². The maximum atomic E-state index is 14.6. The molecule has 3 fully saturated rings. The van der Waals surface area contributed by atoms with E-state index >= 15 is 0 Å². The summed E-state index contributed by atoms with van der Waals surface area (Å²) in [7, 11) is 1.71. The molecule has 0 N–H and O–H groups in total. The van der Waals surface area contributed by atoms with E-state index in [1.54, 1.807) is 7.11 Å². The maximum Gasteiger partial charge on any atom is 0.167 e. The van der Waals surface area contributed by atoms with Crippen molar-refractivity contribution in [2.75, 3.05) is 13.7 Å². The summed E-state index contributed by atoms with van der Waals surface area (Å²) in [5.74, 6) is 1.39. The summed E-state index contributed by atoms with van der Waals surface area (Å²) in [6, 6.07) is 30.2. The molecule has 1 spiro atoms. The molecule has 0 amide bonds. The van der Waals surface area contributed by atoms with Crippen LogP contribution in [0, 0.1) is 5.41 Å². The second-order valence-corrected chi connectivity index (χ2v) is 10.3. The third kappa shape index (κ3) is 3.65. The number of benzene rings is 3. The molecule has 4 unspecified atom stereocenters. The van der Waals surface area contributed by atoms with Crippen molar-refractivity contribution in [3.63, 3.8) is 0 Å². The van der Waals surface area contributed by atoms with Crippen LogP contribution in [-0.4, -0.2) is 30.4 Å². The number of ether oxygens (including phenoxy) is 1. The van der Waals surface area contributed by atoms with E-state index in [0.717, 1.165) is 55.5 Å². The summed E-state index contributed by atoms with van der Waals surface area (Å²) in [6.07, 6.45) is 7.31. The molecule has 0 bridgehead atoms. The summed E-state index contributed by atoms with van der Waals surface area (Å²) in [6.45, 7) is 1.05. The highest BCUT2D eigenvalue weighted by Gasteiger charge is 2.64. The van der Waals surface area contributed by atoms with Crippen LogP contribution < -0.4 is 4.74 Å². The lowest BCUT2D eigenvalue weighted by Crippen LogP contribution is -2.47. The number of Topliss-reactive ketones (excluding diaryl/α,β-unsaturated/α-hetero) is 1. The Hall–Kier alpha value is -3.17. The van der Waals surface area contributed by atoms with E-state index in [2.05, 4.69) is 89.8 Å². The van der Waals surface area contributed by atoms with Crippen molar-refractivity contribution < 1.29 is 9.53 Å². The Morgan fingerprint density at radius 1 is 0.886 bits per heavy atom. The Bertz CT molecular complexity index is 1220. The van der Waals surface area contributed by atoms with E-state index in [4.69, 9.17) is 4.74 Å². The number of allylic oxidation sites excluding steroid dienone is 1. The Morgan fingerprint density at radius 2 is 1.60 bits per heavy atom. The highest BCUT2D eigenvalue weighted by Crippen LogP contribution is 2.64. The smallest absolute Gasteiger partial charge is 0.167 e. The van der Waals surface area contributed by atoms with Crippen molar-refractivity contribution in [1.82, 2.24) is 4.90 Å². The summed E-state index contributed by atoms with van der Waals surface area (Å²) >= 11 is 0. The number of rotatable bonds is 4. The van der Waals surface area contributed by atoms with Crippen LogP contribution in [0.25, 0.3) is 6.08 Å². The van der Waals surface area contributed by atoms with Gasteiger partial charge in [0, 0.05) is 18.0 Å². The molecule has 35 heavy (non-hydrogen) atoms. The van der Waals surface area contributed by atoms with Crippen LogP contribution in [0.3, 0.4) is 0 Å². The minimum atomic E-state index is -0.388. The van der Waals surface area contributed by atoms with E-state index < -0.39 is 0 Å². The highest BCUT2D eigenvalue weighted by molar-refractivity contribution is 6.05. The van der Waals surface area contributed by atoms with Crippen LogP contribution in [0.15, 0.2) is 90.5 Å². The predicted molar refractivity (Wildman–Crippen MR) is 140 cm³/mol. The molecule has 0 radical (unpaired) electrons. The lowest BCUT2D eigenvalue weighted by Gasteiger charge is -2.42. The van der Waals surface area contributed by atoms with Crippen LogP contribution in [0.1, 0.15) is 60.8 Å². The van der Waals surface area contributed by atoms with Gasteiger partial charge < -0.3 is 4.74 Å². The van der Waals surface area contributed by atoms with E-state index in [-0.39, 0.29) is 23.4 Å². The second kappa shape index (κ2) is 9.13. The van der Waals surface area contributed by atoms with Gasteiger partial charge in [0.25, 0.3) is 0 Å². The molecule has 3 aromatic rings. The number of carbonyl (C=O) groups excluding carboxylic acids is 1. The lowest BCUT2D eigenvalue weighted by molar-refractivity contribution is -0.128. The van der Waals surface area contributed by atoms with Gasteiger partial charge in [-0.05, 0) is 79.1 Å². The molecular weight excluding hydrogens is 430 g/mol. The number of fused-ring (bicyclic) bond motifs is 2. The van der Waals surface area contributed by atoms with Crippen molar-refractivity contribution in [2.24, 2.45) is 5.41 Å². The molecule has 178 valence electrons. The van der Waals surface area contributed by atoms with Gasteiger partial charge in [0.2, 0.25) is 0 Å². The SMILES string of the molecule is COc1ccc(C2C(c3ccccc3)C3(CCC/C(=C\c4ccccc4)C3=O)C3CCCN23)cc1. The Balaban J connectivity index is 1.51. The third-order valence-electron chi connectivity index (χ3n) is 8.62. The molecule has 3 nitrogen and oxygen atoms in total. The van der Waals surface area contributed by atoms with Crippen molar-refractivity contribution in [1.29, 1.82) is 0 Å². The van der Waals surface area contributed by atoms with Crippen molar-refractivity contribution in [3.8, 4) is 5.75 Å². The minimum absolute atomic E-state index is 0.134. The zero-order chi connectivity index (χ0) is 23.8. The van der Waals surface area contributed by atoms with E-state index in [0.29, 0.717) is 5.78 Å². The van der Waals surface area contributed by atoms with Gasteiger partial charge >= 0.3 is 0 Å². The Morgan fingerprint density at radius 3 is 2.31 bits per heavy atom. The summed E-state index contributed by atoms with van der Waals surface area (Å²) in [4.78, 5) is 17.3. The molecule has 2 aliphatic heterocycles. The van der Waals surface area contributed by atoms with Crippen LogP contribution in [-0.2, 0) is 4.79 Å². The standard InChI is InChI=1S/C32H33NO2/c1-35-27-18-16-25(17-19-27)30-29(24-12-6-3-7-13-24)32(28-15-9-21-33(28)30)20-8-14-26(31(32)34)22-23-10-4-2-5-11-23/h2-7,10-13,16-19,22,28-30H,8-9,14-15,20-21H2,1H3/b26-22+. The fourth-order valence-corrected chi connectivity index (χ4v) is 7.28. The average molecular weight is 464 g/mol. The molecule has 6 rings (SSSR count). The largest absolute Gasteiger partial charge is 0.497 e. The Labute approximate surface area is 208 Å². The molecular formula is C32H33NO2. The molecule has 0 aromatic heterocycles. The molecule has 2 saturated heterocycles. The van der Waals surface area contributed by atoms with Crippen molar-refractivity contribution in [3.05, 3.63) is 107 Å². The molecule has 1 saturated carbocycles. The molecule has 1 aliphatic carbocycles. The number of ketones is 1. The van der Waals surface area contributed by atoms with E-state index in [1.807, 2.05) is 6.07 Å². The molecule has 3 heteroatoms. The number of carbonyl (C=O) groups is 1. The first kappa shape index (κ1) is 22.3. The van der Waals surface area contributed by atoms with Crippen molar-refractivity contribution in [2.45, 2.75) is 50.1 Å². The van der Waals surface area contributed by atoms with E-state index in [9.17, 15) is 4.79 Å². The van der Waals surface area contributed by atoms with Gasteiger partial charge in [-0.15, -0.1) is 0 Å². The zero-order valence-corrected chi connectivity index (χ0v) is 20.4. The normalized spacial score (nSPS) is 29.6. The second-order valence-electron chi connectivity index (χ2n) is 10.3. The molecule has 3 aliphatic rings. The molecule has 3 aromatic carbocycles. The van der Waals surface area contributed by atoms with Gasteiger partial charge in [0.15, 0.2) is 5.78 Å². The minimum Gasteiger partial charge on any atom is -0.497 e. The first-order chi connectivity index (χ1) is 17.2. The average Bonchev–Trinajstić information content (AvgIpc) is 3.49. The van der Waals surface area contributed by atoms with Gasteiger partial charge in [-0.25, -0.2) is 0 Å². The van der Waals surface area contributed by atoms with Gasteiger partial charge in [0.05, 0.1) is 12.5 Å². The number of nitrogens with zero attached hydrogens (tertiary/aromatic N) is 1. The van der Waals surface area contributed by atoms with Gasteiger partial charge in [0.1, 0.15) is 5.75 Å². The fraction of sp³-hybridized carbons (Fsp3) is 0.344.